The Balaban J connectivity index is 0.000000349. The second-order valence-corrected chi connectivity index (χ2v) is 12.0. The molecule has 0 aliphatic carbocycles. The van der Waals surface area contributed by atoms with E-state index in [0.29, 0.717) is 22.7 Å². The van der Waals surface area contributed by atoms with Crippen LogP contribution in [0.3, 0.4) is 0 Å². The number of carbonyl (C=O) groups is 4. The zero-order chi connectivity index (χ0) is 39.6. The van der Waals surface area contributed by atoms with Crippen molar-refractivity contribution in [3.05, 3.63) is 59.0 Å². The number of aldehydes is 1. The van der Waals surface area contributed by atoms with Crippen LogP contribution in [-0.4, -0.2) is 81.8 Å². The quantitative estimate of drug-likeness (QED) is 0.138. The fraction of sp³-hybridized carbons (Fsp3) is 0.406. The number of nitrogens with one attached hydrogen (secondary N) is 3. The van der Waals surface area contributed by atoms with Crippen LogP contribution in [0.25, 0.3) is 0 Å². The van der Waals surface area contributed by atoms with Crippen molar-refractivity contribution in [1.29, 1.82) is 0 Å². The third-order valence-electron chi connectivity index (χ3n) is 7.63. The number of halogens is 10. The molecule has 1 aromatic carbocycles. The number of alkyl halides is 9. The molecule has 3 N–H and O–H groups in total. The number of aromatic nitrogens is 3. The number of pyridine rings is 1. The van der Waals surface area contributed by atoms with E-state index in [1.54, 1.807) is 19.3 Å². The number of nitrogens with zero attached hydrogens (tertiary/aromatic N) is 4. The Morgan fingerprint density at radius 2 is 1.53 bits per heavy atom. The lowest BCUT2D eigenvalue weighted by Crippen LogP contribution is -2.39. The van der Waals surface area contributed by atoms with Gasteiger partial charge in [0.1, 0.15) is 5.02 Å². The first-order valence-electron chi connectivity index (χ1n) is 15.5. The second-order valence-electron chi connectivity index (χ2n) is 11.6. The lowest BCUT2D eigenvalue weighted by Gasteiger charge is -2.31. The monoisotopic (exact) mass is 783 g/mol. The summed E-state index contributed by atoms with van der Waals surface area (Å²) in [7, 11) is 0. The molecule has 11 nitrogen and oxygen atoms in total. The number of piperidine rings is 1. The Kier molecular flexibility index (Phi) is 14.5. The molecule has 3 aromatic rings. The van der Waals surface area contributed by atoms with E-state index in [0.717, 1.165) is 74.4 Å². The Hall–Kier alpha value is -5.01. The van der Waals surface area contributed by atoms with Crippen LogP contribution in [-0.2, 0) is 32.0 Å². The molecule has 1 saturated heterocycles. The van der Waals surface area contributed by atoms with Crippen molar-refractivity contribution in [2.45, 2.75) is 57.6 Å². The fourth-order valence-corrected chi connectivity index (χ4v) is 5.15. The fourth-order valence-electron chi connectivity index (χ4n) is 5.01. The highest BCUT2D eigenvalue weighted by atomic mass is 35.5. The average Bonchev–Trinajstić information content (AvgIpc) is 3.09. The maximum Gasteiger partial charge on any atom is 0.458 e. The molecule has 21 heteroatoms. The van der Waals surface area contributed by atoms with E-state index >= 15 is 0 Å². The summed E-state index contributed by atoms with van der Waals surface area (Å²) in [4.78, 5) is 54.7. The standard InChI is InChI=1S/C26H30ClN7O.C4F6O2.C2HF3O/c1-17(35)34-10-7-18(8-11-34)6-9-29-24-5-4-21-13-20(24)3-2-19-12-22(15-28-14-19)32-26-30-16-23(27)25(31-21)33-26;5-3(6,7)1(11)2(12)4(8,9)10;3-2(4,5)1-6/h4-5,12-16,18,29H,2-3,6-11H2,1H3,(H2,30,31,32,33);;1H. The maximum absolute atomic E-state index is 11.6. The summed E-state index contributed by atoms with van der Waals surface area (Å²) >= 11 is 6.37. The molecule has 53 heavy (non-hydrogen) atoms. The summed E-state index contributed by atoms with van der Waals surface area (Å²) in [5.74, 6) is -4.96. The van der Waals surface area contributed by atoms with Gasteiger partial charge >= 0.3 is 30.1 Å². The van der Waals surface area contributed by atoms with Crippen LogP contribution >= 0.6 is 11.6 Å². The minimum atomic E-state index is -5.77. The van der Waals surface area contributed by atoms with E-state index < -0.39 is 36.4 Å². The molecule has 0 atom stereocenters. The van der Waals surface area contributed by atoms with E-state index in [1.165, 1.54) is 5.56 Å². The predicted octanol–water partition coefficient (Wildman–Crippen LogP) is 7.17. The summed E-state index contributed by atoms with van der Waals surface area (Å²) in [5, 5.41) is 10.7. The first-order valence-corrected chi connectivity index (χ1v) is 15.9. The van der Waals surface area contributed by atoms with E-state index in [1.807, 2.05) is 17.2 Å². The number of hydrogen-bond donors (Lipinski definition) is 3. The number of carbonyl (C=O) groups excluding carboxylic acids is 4. The molecule has 2 aliphatic rings. The zero-order valence-corrected chi connectivity index (χ0v) is 28.3. The number of amides is 1. The molecule has 288 valence electrons. The molecular formula is C32H31ClF9N7O4. The molecule has 0 unspecified atom stereocenters. The minimum Gasteiger partial charge on any atom is -0.385 e. The van der Waals surface area contributed by atoms with Gasteiger partial charge in [-0.25, -0.2) is 4.98 Å². The largest absolute Gasteiger partial charge is 0.458 e. The van der Waals surface area contributed by atoms with E-state index in [4.69, 9.17) is 16.4 Å². The summed E-state index contributed by atoms with van der Waals surface area (Å²) in [6.45, 7) is 4.32. The van der Waals surface area contributed by atoms with E-state index in [-0.39, 0.29) is 5.91 Å². The van der Waals surface area contributed by atoms with Gasteiger partial charge < -0.3 is 20.9 Å². The number of benzene rings is 1. The van der Waals surface area contributed by atoms with Crippen molar-refractivity contribution in [3.63, 3.8) is 0 Å². The SMILES string of the molecule is CC(=O)N1CCC(CCNc2ccc3cc2CCc2cncc(c2)Nc2ncc(Cl)c(n2)N3)CC1.O=C(C(=O)C(F)(F)F)C(F)(F)F.O=CC(F)(F)F. The highest BCUT2D eigenvalue weighted by Gasteiger charge is 2.54. The zero-order valence-electron chi connectivity index (χ0n) is 27.6. The van der Waals surface area contributed by atoms with Gasteiger partial charge in [0.25, 0.3) is 0 Å². The minimum absolute atomic E-state index is 0.186. The molecule has 2 aliphatic heterocycles. The van der Waals surface area contributed by atoms with Crippen molar-refractivity contribution in [2.75, 3.05) is 35.6 Å². The highest BCUT2D eigenvalue weighted by Crippen LogP contribution is 2.30. The molecular weight excluding hydrogens is 753 g/mol. The lowest BCUT2D eigenvalue weighted by molar-refractivity contribution is -0.193. The van der Waals surface area contributed by atoms with Crippen LogP contribution in [0.5, 0.6) is 0 Å². The van der Waals surface area contributed by atoms with Crippen LogP contribution in [0.2, 0.25) is 5.02 Å². The van der Waals surface area contributed by atoms with Crippen LogP contribution in [0.15, 0.2) is 42.9 Å². The van der Waals surface area contributed by atoms with Crippen molar-refractivity contribution in [1.82, 2.24) is 19.9 Å². The number of Topliss-reactive ketones (excluding diaryl/α,β-unsaturated/α-hetero) is 2. The van der Waals surface area contributed by atoms with E-state index in [2.05, 4.69) is 49.1 Å². The van der Waals surface area contributed by atoms with Gasteiger partial charge in [-0.15, -0.1) is 0 Å². The Morgan fingerprint density at radius 3 is 2.09 bits per heavy atom. The van der Waals surface area contributed by atoms with Gasteiger partial charge in [0.15, 0.2) is 5.82 Å². The molecule has 0 saturated carbocycles. The van der Waals surface area contributed by atoms with Crippen molar-refractivity contribution < 1.29 is 58.7 Å². The van der Waals surface area contributed by atoms with E-state index in [9.17, 15) is 53.9 Å². The van der Waals surface area contributed by atoms with Gasteiger partial charge in [0, 0.05) is 44.1 Å². The number of anilines is 5. The summed E-state index contributed by atoms with van der Waals surface area (Å²) in [6, 6.07) is 8.41. The van der Waals surface area contributed by atoms with Crippen molar-refractivity contribution in [2.24, 2.45) is 5.92 Å². The molecule has 1 fully saturated rings. The van der Waals surface area contributed by atoms with Gasteiger partial charge in [-0.05, 0) is 73.4 Å². The summed E-state index contributed by atoms with van der Waals surface area (Å²) in [5.41, 5.74) is 5.28. The molecule has 2 aromatic heterocycles. The smallest absolute Gasteiger partial charge is 0.385 e. The predicted molar refractivity (Wildman–Crippen MR) is 174 cm³/mol. The van der Waals surface area contributed by atoms with Gasteiger partial charge in [0.2, 0.25) is 18.1 Å². The topological polar surface area (TPSA) is 146 Å². The number of hydrogen-bond acceptors (Lipinski definition) is 10. The van der Waals surface area contributed by atoms with Gasteiger partial charge in [0.05, 0.1) is 18.1 Å². The molecule has 5 rings (SSSR count). The molecule has 0 spiro atoms. The molecule has 1 amide bonds. The van der Waals surface area contributed by atoms with Gasteiger partial charge in [-0.3, -0.25) is 24.2 Å². The van der Waals surface area contributed by atoms with Crippen LogP contribution < -0.4 is 16.0 Å². The Bertz CT molecular complexity index is 1740. The average molecular weight is 784 g/mol. The third-order valence-corrected chi connectivity index (χ3v) is 7.91. The van der Waals surface area contributed by atoms with Crippen molar-refractivity contribution in [3.8, 4) is 0 Å². The van der Waals surface area contributed by atoms with Crippen molar-refractivity contribution >= 4 is 64.2 Å². The Labute approximate surface area is 300 Å². The first-order chi connectivity index (χ1) is 24.7. The first kappa shape index (κ1) is 42.4. The second kappa shape index (κ2) is 18.2. The number of aryl methyl sites for hydroxylation is 2. The molecule has 0 radical (unpaired) electrons. The van der Waals surface area contributed by atoms with Gasteiger partial charge in [-0.2, -0.15) is 44.5 Å². The van der Waals surface area contributed by atoms with Crippen LogP contribution in [0.1, 0.15) is 37.3 Å². The number of ketones is 2. The summed E-state index contributed by atoms with van der Waals surface area (Å²) < 4.78 is 98.2. The number of rotatable bonds is 5. The number of fused-ring (bicyclic) bond motifs is 6. The van der Waals surface area contributed by atoms with Gasteiger partial charge in [-0.1, -0.05) is 11.6 Å². The summed E-state index contributed by atoms with van der Waals surface area (Å²) in [6.07, 6.45) is -6.99. The third kappa shape index (κ3) is 13.8. The van der Waals surface area contributed by atoms with Crippen LogP contribution in [0, 0.1) is 5.92 Å². The number of likely N-dealkylation sites (tertiary alicyclic amines) is 1. The lowest BCUT2D eigenvalue weighted by atomic mass is 9.93. The normalized spacial score (nSPS) is 14.5. The highest BCUT2D eigenvalue weighted by molar-refractivity contribution is 6.41. The molecule has 6 bridgehead atoms. The van der Waals surface area contributed by atoms with Crippen LogP contribution in [0.4, 0.5) is 68.3 Å². The maximum atomic E-state index is 11.6. The Morgan fingerprint density at radius 1 is 0.906 bits per heavy atom. The molecule has 4 heterocycles.